The van der Waals surface area contributed by atoms with E-state index in [2.05, 4.69) is 15.2 Å². The number of hydrogen-bond donors (Lipinski definition) is 2. The molecule has 2 aromatic heterocycles. The van der Waals surface area contributed by atoms with Crippen LogP contribution < -0.4 is 10.2 Å². The number of amides is 2. The van der Waals surface area contributed by atoms with Gasteiger partial charge in [-0.15, -0.1) is 22.7 Å². The number of urea groups is 1. The average molecular weight is 750 g/mol. The van der Waals surface area contributed by atoms with Gasteiger partial charge in [0.15, 0.2) is 16.0 Å². The van der Waals surface area contributed by atoms with Gasteiger partial charge in [-0.05, 0) is 31.5 Å². The quantitative estimate of drug-likeness (QED) is 0.210. The van der Waals surface area contributed by atoms with Crippen LogP contribution in [0, 0.1) is 5.82 Å². The number of carboxylic acids is 1. The van der Waals surface area contributed by atoms with Gasteiger partial charge in [0, 0.05) is 65.0 Å². The molecule has 0 saturated carbocycles. The van der Waals surface area contributed by atoms with Gasteiger partial charge in [0.05, 0.1) is 36.4 Å². The zero-order chi connectivity index (χ0) is 36.0. The fraction of sp³-hybridized carbons (Fsp3) is 0.314. The third kappa shape index (κ3) is 6.62. The molecular formula is C35H33ClFN7O5S2. The van der Waals surface area contributed by atoms with Crippen LogP contribution in [0.4, 0.5) is 14.3 Å². The Morgan fingerprint density at radius 1 is 1.14 bits per heavy atom. The Balaban J connectivity index is 1.11. The van der Waals surface area contributed by atoms with Crippen LogP contribution >= 0.6 is 34.3 Å². The van der Waals surface area contributed by atoms with Crippen molar-refractivity contribution in [2.45, 2.75) is 31.3 Å². The van der Waals surface area contributed by atoms with Crippen LogP contribution in [0.3, 0.4) is 0 Å². The van der Waals surface area contributed by atoms with Gasteiger partial charge in [-0.2, -0.15) is 0 Å². The third-order valence-electron chi connectivity index (χ3n) is 9.40. The molecule has 2 N–H and O–H groups in total. The minimum atomic E-state index is -1.02. The molecule has 2 fully saturated rings. The number of ether oxygens (including phenoxy) is 1. The van der Waals surface area contributed by atoms with Gasteiger partial charge in [0.1, 0.15) is 11.9 Å². The predicted molar refractivity (Wildman–Crippen MR) is 193 cm³/mol. The number of nitrogens with zero attached hydrogens (tertiary/aromatic N) is 6. The molecule has 2 unspecified atom stereocenters. The van der Waals surface area contributed by atoms with Gasteiger partial charge in [-0.25, -0.2) is 23.9 Å². The van der Waals surface area contributed by atoms with E-state index in [4.69, 9.17) is 26.3 Å². The van der Waals surface area contributed by atoms with E-state index in [1.165, 1.54) is 48.0 Å². The number of piperazine rings is 1. The maximum atomic E-state index is 14.0. The molecule has 12 nitrogen and oxygen atoms in total. The van der Waals surface area contributed by atoms with Gasteiger partial charge < -0.3 is 20.1 Å². The van der Waals surface area contributed by atoms with E-state index >= 15 is 0 Å². The van der Waals surface area contributed by atoms with Crippen molar-refractivity contribution in [1.29, 1.82) is 0 Å². The van der Waals surface area contributed by atoms with Crippen molar-refractivity contribution >= 4 is 63.2 Å². The molecule has 4 aromatic rings. The normalized spacial score (nSPS) is 19.5. The number of thiazole rings is 2. The van der Waals surface area contributed by atoms with E-state index in [9.17, 15) is 23.9 Å². The number of rotatable bonds is 9. The molecule has 2 amide bonds. The van der Waals surface area contributed by atoms with E-state index in [-0.39, 0.29) is 22.7 Å². The van der Waals surface area contributed by atoms with E-state index in [0.29, 0.717) is 71.2 Å². The number of benzene rings is 2. The zero-order valence-electron chi connectivity index (χ0n) is 27.8. The maximum absolute atomic E-state index is 14.0. The zero-order valence-corrected chi connectivity index (χ0v) is 30.2. The van der Waals surface area contributed by atoms with Crippen molar-refractivity contribution in [3.63, 3.8) is 0 Å². The molecule has 0 radical (unpaired) electrons. The smallest absolute Gasteiger partial charge is 0.338 e. The van der Waals surface area contributed by atoms with Crippen molar-refractivity contribution in [3.05, 3.63) is 97.7 Å². The van der Waals surface area contributed by atoms with E-state index in [1.807, 2.05) is 27.8 Å². The van der Waals surface area contributed by atoms with Crippen molar-refractivity contribution in [2.75, 3.05) is 44.7 Å². The van der Waals surface area contributed by atoms with Crippen LogP contribution in [0.1, 0.15) is 36.0 Å². The van der Waals surface area contributed by atoms with Gasteiger partial charge in [-0.3, -0.25) is 19.6 Å². The third-order valence-corrected chi connectivity index (χ3v) is 11.4. The van der Waals surface area contributed by atoms with Crippen LogP contribution in [-0.2, 0) is 19.7 Å². The standard InChI is InChI=1S/C35H33ClFN7O5S2/c1-35(2,32(46)47)20-6-4-19(5-7-20)26-18-51-33(40-26)44-16-22-15-42(11-12-43(22)34(44)48)17-25-27(31(45)49-3)28(23-9-8-21(37)14-24(23)36)41-29(39-25)30-38-10-13-50-30/h4-10,13-14,18,22,28H,11-12,15-17H2,1-3H3,(H,39,41)(H,46,47). The number of halogens is 2. The average Bonchev–Trinajstić information content (AvgIpc) is 3.89. The first-order valence-corrected chi connectivity index (χ1v) is 18.2. The molecule has 16 heteroatoms. The van der Waals surface area contributed by atoms with Gasteiger partial charge in [0.25, 0.3) is 0 Å². The highest BCUT2D eigenvalue weighted by Gasteiger charge is 2.43. The number of aromatic nitrogens is 2. The number of esters is 1. The lowest BCUT2D eigenvalue weighted by Gasteiger charge is -2.38. The lowest BCUT2D eigenvalue weighted by atomic mass is 9.84. The minimum Gasteiger partial charge on any atom is -0.481 e. The number of carboxylic acid groups (broad SMARTS) is 1. The summed E-state index contributed by atoms with van der Waals surface area (Å²) < 4.78 is 19.3. The van der Waals surface area contributed by atoms with Gasteiger partial charge >= 0.3 is 18.0 Å². The maximum Gasteiger partial charge on any atom is 0.338 e. The second-order valence-corrected chi connectivity index (χ2v) is 15.0. The Bertz CT molecular complexity index is 2070. The number of aliphatic imine (C=N–C) groups is 1. The molecule has 5 heterocycles. The predicted octanol–water partition coefficient (Wildman–Crippen LogP) is 5.57. The van der Waals surface area contributed by atoms with Crippen LogP contribution in [-0.4, -0.2) is 94.6 Å². The molecule has 3 aliphatic rings. The molecule has 51 heavy (non-hydrogen) atoms. The van der Waals surface area contributed by atoms with Crippen LogP contribution in [0.5, 0.6) is 0 Å². The molecule has 2 saturated heterocycles. The molecule has 0 aliphatic carbocycles. The van der Waals surface area contributed by atoms with Crippen molar-refractivity contribution < 1.29 is 28.6 Å². The monoisotopic (exact) mass is 749 g/mol. The van der Waals surface area contributed by atoms with E-state index < -0.39 is 29.2 Å². The van der Waals surface area contributed by atoms with Crippen molar-refractivity contribution in [3.8, 4) is 11.3 Å². The Morgan fingerprint density at radius 2 is 1.92 bits per heavy atom. The molecule has 0 spiro atoms. The molecule has 264 valence electrons. The molecule has 2 atom stereocenters. The van der Waals surface area contributed by atoms with Crippen LogP contribution in [0.25, 0.3) is 11.3 Å². The van der Waals surface area contributed by atoms with Gasteiger partial charge in [0.2, 0.25) is 0 Å². The fourth-order valence-corrected chi connectivity index (χ4v) is 8.16. The summed E-state index contributed by atoms with van der Waals surface area (Å²) in [5, 5.41) is 18.0. The number of hydrogen-bond acceptors (Lipinski definition) is 11. The highest BCUT2D eigenvalue weighted by molar-refractivity contribution is 7.14. The first kappa shape index (κ1) is 34.7. The topological polar surface area (TPSA) is 141 Å². The summed E-state index contributed by atoms with van der Waals surface area (Å²) in [6.07, 6.45) is 1.66. The summed E-state index contributed by atoms with van der Waals surface area (Å²) in [6.45, 7) is 5.63. The number of amidine groups is 1. The second kappa shape index (κ2) is 13.8. The Kier molecular flexibility index (Phi) is 9.39. The highest BCUT2D eigenvalue weighted by Crippen LogP contribution is 2.38. The number of carbonyl (C=O) groups excluding carboxylic acids is 2. The Labute approximate surface area is 305 Å². The molecule has 0 bridgehead atoms. The van der Waals surface area contributed by atoms with Crippen LogP contribution in [0.15, 0.2) is 75.7 Å². The number of anilines is 1. The first-order chi connectivity index (χ1) is 24.4. The number of nitrogens with one attached hydrogen (secondary N) is 1. The number of carbonyl (C=O) groups is 3. The number of fused-ring (bicyclic) bond motifs is 1. The SMILES string of the molecule is COC(=O)C1=C(CN2CCN3C(=O)N(c4nc(-c5ccc(C(C)(C)C(=O)O)cc5)cs4)CC3C2)NC(c2nccs2)=NC1c1ccc(F)cc1Cl. The van der Waals surface area contributed by atoms with E-state index in [1.54, 1.807) is 37.1 Å². The van der Waals surface area contributed by atoms with Gasteiger partial charge in [-0.1, -0.05) is 41.9 Å². The number of aliphatic carboxylic acids is 1. The largest absolute Gasteiger partial charge is 0.481 e. The Morgan fingerprint density at radius 3 is 2.61 bits per heavy atom. The summed E-state index contributed by atoms with van der Waals surface area (Å²) in [4.78, 5) is 58.4. The lowest BCUT2D eigenvalue weighted by molar-refractivity contribution is -0.142. The van der Waals surface area contributed by atoms with E-state index in [0.717, 1.165) is 5.56 Å². The summed E-state index contributed by atoms with van der Waals surface area (Å²) in [5.41, 5.74) is 2.46. The molecule has 2 aromatic carbocycles. The molecule has 3 aliphatic heterocycles. The highest BCUT2D eigenvalue weighted by atomic mass is 35.5. The molecular weight excluding hydrogens is 717 g/mol. The number of methoxy groups -OCH3 is 1. The summed E-state index contributed by atoms with van der Waals surface area (Å²) >= 11 is 9.27. The van der Waals surface area contributed by atoms with Crippen LogP contribution in [0.2, 0.25) is 5.02 Å². The van der Waals surface area contributed by atoms with Crippen molar-refractivity contribution in [1.82, 2.24) is 25.1 Å². The summed E-state index contributed by atoms with van der Waals surface area (Å²) in [5.74, 6) is -1.55. The first-order valence-electron chi connectivity index (χ1n) is 16.1. The fourth-order valence-electron chi connectivity index (χ4n) is 6.47. The summed E-state index contributed by atoms with van der Waals surface area (Å²) in [6, 6.07) is 10.2. The summed E-state index contributed by atoms with van der Waals surface area (Å²) in [7, 11) is 1.30. The second-order valence-electron chi connectivity index (χ2n) is 12.9. The van der Waals surface area contributed by atoms with Crippen molar-refractivity contribution in [2.24, 2.45) is 4.99 Å². The Hall–Kier alpha value is -4.70. The molecule has 7 rings (SSSR count). The lowest BCUT2D eigenvalue weighted by Crippen LogP contribution is -2.53. The minimum absolute atomic E-state index is 0.117.